The number of aliphatic hydroxyl groups is 2. The Morgan fingerprint density at radius 2 is 1.77 bits per heavy atom. The molecule has 228 valence electrons. The lowest BCUT2D eigenvalue weighted by atomic mass is 9.79. The van der Waals surface area contributed by atoms with E-state index in [0.29, 0.717) is 19.3 Å². The largest absolute Gasteiger partial charge is 0.462 e. The molecule has 0 aliphatic carbocycles. The van der Waals surface area contributed by atoms with E-state index >= 15 is 0 Å². The molecule has 0 radical (unpaired) electrons. The number of carbonyl (C=O) groups excluding carboxylic acids is 3. The van der Waals surface area contributed by atoms with Gasteiger partial charge in [-0.05, 0) is 59.2 Å². The Balaban J connectivity index is 2.48. The quantitative estimate of drug-likeness (QED) is 0.368. The molecule has 0 amide bonds. The molecule has 1 fully saturated rings. The Kier molecular flexibility index (Phi) is 13.6. The number of aliphatic hydroxyl groups excluding tert-OH is 2. The van der Waals surface area contributed by atoms with Crippen molar-refractivity contribution in [1.29, 1.82) is 0 Å². The summed E-state index contributed by atoms with van der Waals surface area (Å²) >= 11 is 0. The Labute approximate surface area is 239 Å². The molecule has 2 aliphatic rings. The predicted octanol–water partition coefficient (Wildman–Crippen LogP) is 3.46. The molecule has 11 atom stereocenters. The fourth-order valence-corrected chi connectivity index (χ4v) is 5.84. The molecule has 0 spiro atoms. The highest BCUT2D eigenvalue weighted by atomic mass is 16.7. The van der Waals surface area contributed by atoms with Crippen LogP contribution in [0.25, 0.3) is 0 Å². The minimum Gasteiger partial charge on any atom is -0.462 e. The van der Waals surface area contributed by atoms with E-state index in [4.69, 9.17) is 14.2 Å². The summed E-state index contributed by atoms with van der Waals surface area (Å²) < 4.78 is 18.2. The summed E-state index contributed by atoms with van der Waals surface area (Å²) in [6.07, 6.45) is 2.94. The number of hydrogen-bond acceptors (Lipinski definition) is 9. The first-order valence-electron chi connectivity index (χ1n) is 14.7. The number of aldehydes is 1. The smallest absolute Gasteiger partial charge is 0.308 e. The number of cyclic esters (lactones) is 1. The molecule has 0 saturated carbocycles. The lowest BCUT2D eigenvalue weighted by Crippen LogP contribution is -2.56. The Morgan fingerprint density at radius 3 is 2.38 bits per heavy atom. The molecule has 2 heterocycles. The van der Waals surface area contributed by atoms with Crippen molar-refractivity contribution in [2.75, 3.05) is 14.1 Å². The normalized spacial score (nSPS) is 41.2. The number of rotatable bonds is 6. The zero-order valence-corrected chi connectivity index (χ0v) is 25.5. The van der Waals surface area contributed by atoms with E-state index in [1.54, 1.807) is 19.1 Å². The van der Waals surface area contributed by atoms with Crippen molar-refractivity contribution in [1.82, 2.24) is 4.90 Å². The zero-order valence-electron chi connectivity index (χ0n) is 25.5. The molecule has 0 unspecified atom stereocenters. The van der Waals surface area contributed by atoms with Crippen LogP contribution >= 0.6 is 0 Å². The molecule has 2 N–H and O–H groups in total. The van der Waals surface area contributed by atoms with Gasteiger partial charge in [-0.1, -0.05) is 45.4 Å². The first-order valence-corrected chi connectivity index (χ1v) is 14.7. The average molecular weight is 566 g/mol. The van der Waals surface area contributed by atoms with Crippen molar-refractivity contribution < 1.29 is 38.8 Å². The maximum Gasteiger partial charge on any atom is 0.308 e. The van der Waals surface area contributed by atoms with Gasteiger partial charge in [0.25, 0.3) is 0 Å². The number of hydrogen-bond donors (Lipinski definition) is 2. The maximum absolute atomic E-state index is 13.1. The minimum absolute atomic E-state index is 0.0796. The van der Waals surface area contributed by atoms with Gasteiger partial charge in [0.1, 0.15) is 18.5 Å². The molecular formula is C31H51NO8. The van der Waals surface area contributed by atoms with Crippen LogP contribution in [-0.2, 0) is 28.6 Å². The van der Waals surface area contributed by atoms with Gasteiger partial charge in [0, 0.05) is 30.2 Å². The van der Waals surface area contributed by atoms with Gasteiger partial charge in [0.2, 0.25) is 0 Å². The summed E-state index contributed by atoms with van der Waals surface area (Å²) in [5.41, 5.74) is 0.877. The van der Waals surface area contributed by atoms with Gasteiger partial charge in [-0.3, -0.25) is 9.59 Å². The van der Waals surface area contributed by atoms with Crippen molar-refractivity contribution >= 4 is 18.0 Å². The van der Waals surface area contributed by atoms with Crippen LogP contribution in [0.1, 0.15) is 73.6 Å². The summed E-state index contributed by atoms with van der Waals surface area (Å²) in [6, 6.07) is -0.213. The molecule has 0 aromatic carbocycles. The summed E-state index contributed by atoms with van der Waals surface area (Å²) in [4.78, 5) is 39.7. The molecular weight excluding hydrogens is 514 g/mol. The second-order valence-electron chi connectivity index (χ2n) is 12.0. The Morgan fingerprint density at radius 1 is 1.10 bits per heavy atom. The van der Waals surface area contributed by atoms with Gasteiger partial charge in [-0.2, -0.15) is 0 Å². The number of ketones is 1. The summed E-state index contributed by atoms with van der Waals surface area (Å²) in [5.74, 6) is -2.20. The van der Waals surface area contributed by atoms with Crippen molar-refractivity contribution in [3.05, 3.63) is 23.8 Å². The van der Waals surface area contributed by atoms with Gasteiger partial charge in [0.05, 0.1) is 24.7 Å². The molecule has 9 heteroatoms. The average Bonchev–Trinajstić information content (AvgIpc) is 2.88. The molecule has 40 heavy (non-hydrogen) atoms. The highest BCUT2D eigenvalue weighted by Gasteiger charge is 2.43. The Hall–Kier alpha value is -1.91. The molecule has 2 rings (SSSR count). The van der Waals surface area contributed by atoms with Crippen LogP contribution in [0.15, 0.2) is 23.8 Å². The van der Waals surface area contributed by atoms with Gasteiger partial charge < -0.3 is 34.1 Å². The number of likely N-dealkylation sites (N-methyl/N-ethyl adjacent to an activating group) is 1. The third-order valence-corrected chi connectivity index (χ3v) is 8.38. The topological polar surface area (TPSA) is 123 Å². The standard InChI is InChI=1S/C31H51NO8/c1-9-27-20(4)14-18(2)10-11-25(34)19(3)15-23(12-13-33)30(22(6)26(35)17-28(36)39-27)40-31-29(37)24(32(7)8)16-21(5)38-31/h10-11,13-14,19-24,26-27,29-31,35,37H,9,12,15-17H2,1-8H3/b11-10+,18-14+/t19-,20+,21+,22+,23+,24-,26-,27-,29-,30-,31+/m1/s1. The summed E-state index contributed by atoms with van der Waals surface area (Å²) in [7, 11) is 3.76. The van der Waals surface area contributed by atoms with Crippen LogP contribution < -0.4 is 0 Å². The maximum atomic E-state index is 13.1. The van der Waals surface area contributed by atoms with Gasteiger partial charge >= 0.3 is 5.97 Å². The van der Waals surface area contributed by atoms with E-state index in [0.717, 1.165) is 11.9 Å². The van der Waals surface area contributed by atoms with E-state index in [1.807, 2.05) is 59.7 Å². The Bertz CT molecular complexity index is 902. The van der Waals surface area contributed by atoms with E-state index in [1.165, 1.54) is 0 Å². The van der Waals surface area contributed by atoms with Crippen molar-refractivity contribution in [2.45, 2.75) is 116 Å². The van der Waals surface area contributed by atoms with Crippen molar-refractivity contribution in [3.8, 4) is 0 Å². The summed E-state index contributed by atoms with van der Waals surface area (Å²) in [5, 5.41) is 22.3. The third kappa shape index (κ3) is 9.58. The second-order valence-corrected chi connectivity index (χ2v) is 12.0. The minimum atomic E-state index is -1.14. The van der Waals surface area contributed by atoms with Crippen LogP contribution in [0.3, 0.4) is 0 Å². The number of ether oxygens (including phenoxy) is 3. The van der Waals surface area contributed by atoms with E-state index in [-0.39, 0.29) is 42.8 Å². The highest BCUT2D eigenvalue weighted by Crippen LogP contribution is 2.34. The van der Waals surface area contributed by atoms with Gasteiger partial charge in [-0.25, -0.2) is 0 Å². The van der Waals surface area contributed by atoms with Crippen LogP contribution in [-0.4, -0.2) is 90.1 Å². The van der Waals surface area contributed by atoms with Crippen molar-refractivity contribution in [3.63, 3.8) is 0 Å². The number of carbonyl (C=O) groups is 3. The monoisotopic (exact) mass is 565 g/mol. The highest BCUT2D eigenvalue weighted by molar-refractivity contribution is 5.91. The fourth-order valence-electron chi connectivity index (χ4n) is 5.84. The first kappa shape index (κ1) is 34.3. The predicted molar refractivity (Wildman–Crippen MR) is 152 cm³/mol. The van der Waals surface area contributed by atoms with Gasteiger partial charge in [0.15, 0.2) is 12.1 Å². The molecule has 0 aromatic rings. The zero-order chi connectivity index (χ0) is 30.1. The lowest BCUT2D eigenvalue weighted by Gasteiger charge is -2.44. The molecule has 2 aliphatic heterocycles. The lowest BCUT2D eigenvalue weighted by molar-refractivity contribution is -0.283. The number of allylic oxidation sites excluding steroid dienone is 3. The molecule has 0 bridgehead atoms. The first-order chi connectivity index (χ1) is 18.8. The fraction of sp³-hybridized carbons (Fsp3) is 0.774. The number of nitrogens with zero attached hydrogens (tertiary/aromatic N) is 1. The van der Waals surface area contributed by atoms with E-state index in [9.17, 15) is 24.6 Å². The van der Waals surface area contributed by atoms with Crippen LogP contribution in [0.2, 0.25) is 0 Å². The number of esters is 1. The second kappa shape index (κ2) is 15.9. The van der Waals surface area contributed by atoms with Gasteiger partial charge in [-0.15, -0.1) is 0 Å². The van der Waals surface area contributed by atoms with Crippen molar-refractivity contribution in [2.24, 2.45) is 23.7 Å². The molecule has 1 saturated heterocycles. The van der Waals surface area contributed by atoms with Crippen LogP contribution in [0.5, 0.6) is 0 Å². The third-order valence-electron chi connectivity index (χ3n) is 8.38. The SMILES string of the molecule is CC[C@H]1OC(=O)C[C@@H](O)[C@H](C)[C@@H](O[C@@H]2O[C@@H](C)C[C@@H](N(C)C)[C@H]2O)[C@@H](CC=O)C[C@@H](C)C(=O)/C=C/C(C)=C/[C@@H]1C. The van der Waals surface area contributed by atoms with Crippen LogP contribution in [0.4, 0.5) is 0 Å². The van der Waals surface area contributed by atoms with Crippen LogP contribution in [0, 0.1) is 23.7 Å². The van der Waals surface area contributed by atoms with E-state index < -0.39 is 48.3 Å². The molecule has 9 nitrogen and oxygen atoms in total. The van der Waals surface area contributed by atoms with E-state index in [2.05, 4.69) is 0 Å². The molecule has 0 aromatic heterocycles. The summed E-state index contributed by atoms with van der Waals surface area (Å²) in [6.45, 7) is 11.3.